The fourth-order valence-corrected chi connectivity index (χ4v) is 3.48. The van der Waals surface area contributed by atoms with Gasteiger partial charge in [0.2, 0.25) is 0 Å². The number of aromatic nitrogens is 1. The van der Waals surface area contributed by atoms with Crippen molar-refractivity contribution in [2.24, 2.45) is 5.92 Å². The Bertz CT molecular complexity index is 751. The Balaban J connectivity index is 1.40. The summed E-state index contributed by atoms with van der Waals surface area (Å²) in [6.45, 7) is 2.75. The molecule has 126 valence electrons. The quantitative estimate of drug-likeness (QED) is 0.924. The molecular formula is C19H22ClN3O. The van der Waals surface area contributed by atoms with Gasteiger partial charge in [0.25, 0.3) is 5.91 Å². The van der Waals surface area contributed by atoms with Crippen LogP contribution >= 0.6 is 11.6 Å². The number of carbonyl (C=O) groups excluding carboxylic acids is 1. The van der Waals surface area contributed by atoms with E-state index in [-0.39, 0.29) is 5.91 Å². The predicted octanol–water partition coefficient (Wildman–Crippen LogP) is 3.49. The number of hydrogen-bond donors (Lipinski definition) is 1. The van der Waals surface area contributed by atoms with E-state index in [0.29, 0.717) is 16.8 Å². The molecule has 2 aliphatic rings. The largest absolute Gasteiger partial charge is 0.337 e. The lowest BCUT2D eigenvalue weighted by molar-refractivity contribution is 0.0699. The SMILES string of the molecule is O=C(c1ccc2ccc(Cl)cc2n1)N1CCC(NCC2CC2)CC1. The Kier molecular flexibility index (Phi) is 4.42. The highest BCUT2D eigenvalue weighted by molar-refractivity contribution is 6.31. The van der Waals surface area contributed by atoms with Crippen LogP contribution in [0.5, 0.6) is 0 Å². The first kappa shape index (κ1) is 15.9. The first-order chi connectivity index (χ1) is 11.7. The third-order valence-electron chi connectivity index (χ3n) is 5.05. The zero-order valence-corrected chi connectivity index (χ0v) is 14.4. The van der Waals surface area contributed by atoms with E-state index >= 15 is 0 Å². The maximum absolute atomic E-state index is 12.7. The van der Waals surface area contributed by atoms with E-state index < -0.39 is 0 Å². The molecule has 0 unspecified atom stereocenters. The summed E-state index contributed by atoms with van der Waals surface area (Å²) in [6, 6.07) is 9.88. The van der Waals surface area contributed by atoms with Gasteiger partial charge >= 0.3 is 0 Å². The van der Waals surface area contributed by atoms with E-state index in [0.717, 1.165) is 49.3 Å². The van der Waals surface area contributed by atoms with Crippen LogP contribution < -0.4 is 5.32 Å². The molecule has 1 aromatic carbocycles. The normalized spacial score (nSPS) is 19.0. The number of carbonyl (C=O) groups is 1. The Morgan fingerprint density at radius 3 is 2.67 bits per heavy atom. The number of benzene rings is 1. The molecule has 1 N–H and O–H groups in total. The van der Waals surface area contributed by atoms with Crippen molar-refractivity contribution in [2.45, 2.75) is 31.7 Å². The molecule has 1 aliphatic carbocycles. The number of pyridine rings is 1. The minimum atomic E-state index is 0.0255. The molecule has 2 aromatic rings. The summed E-state index contributed by atoms with van der Waals surface area (Å²) in [5.74, 6) is 0.927. The molecule has 24 heavy (non-hydrogen) atoms. The number of nitrogens with one attached hydrogen (secondary N) is 1. The van der Waals surface area contributed by atoms with Gasteiger partial charge in [0.1, 0.15) is 5.69 Å². The fourth-order valence-electron chi connectivity index (χ4n) is 3.31. The van der Waals surface area contributed by atoms with Crippen molar-refractivity contribution in [3.63, 3.8) is 0 Å². The highest BCUT2D eigenvalue weighted by Crippen LogP contribution is 2.28. The molecule has 1 aliphatic heterocycles. The lowest BCUT2D eigenvalue weighted by Crippen LogP contribution is -2.45. The summed E-state index contributed by atoms with van der Waals surface area (Å²) in [7, 11) is 0. The maximum Gasteiger partial charge on any atom is 0.272 e. The smallest absolute Gasteiger partial charge is 0.272 e. The summed E-state index contributed by atoms with van der Waals surface area (Å²) in [6.07, 6.45) is 4.81. The zero-order chi connectivity index (χ0) is 16.5. The van der Waals surface area contributed by atoms with Crippen LogP contribution in [0.3, 0.4) is 0 Å². The lowest BCUT2D eigenvalue weighted by Gasteiger charge is -2.32. The second kappa shape index (κ2) is 6.69. The number of nitrogens with zero attached hydrogens (tertiary/aromatic N) is 2. The van der Waals surface area contributed by atoms with Crippen LogP contribution in [0, 0.1) is 5.92 Å². The highest BCUT2D eigenvalue weighted by atomic mass is 35.5. The molecule has 0 spiro atoms. The van der Waals surface area contributed by atoms with E-state index in [2.05, 4.69) is 10.3 Å². The van der Waals surface area contributed by atoms with Crippen molar-refractivity contribution < 1.29 is 4.79 Å². The summed E-state index contributed by atoms with van der Waals surface area (Å²) >= 11 is 6.03. The molecule has 1 amide bonds. The van der Waals surface area contributed by atoms with Crippen LogP contribution in [-0.2, 0) is 0 Å². The summed E-state index contributed by atoms with van der Waals surface area (Å²) < 4.78 is 0. The van der Waals surface area contributed by atoms with E-state index in [1.165, 1.54) is 12.8 Å². The monoisotopic (exact) mass is 343 g/mol. The van der Waals surface area contributed by atoms with E-state index in [9.17, 15) is 4.79 Å². The molecule has 0 radical (unpaired) electrons. The molecule has 2 heterocycles. The van der Waals surface area contributed by atoms with Gasteiger partial charge in [-0.1, -0.05) is 23.7 Å². The number of fused-ring (bicyclic) bond motifs is 1. The second-order valence-corrected chi connectivity index (χ2v) is 7.39. The Morgan fingerprint density at radius 2 is 1.92 bits per heavy atom. The molecule has 5 heteroatoms. The van der Waals surface area contributed by atoms with Gasteiger partial charge in [-0.3, -0.25) is 4.79 Å². The minimum Gasteiger partial charge on any atom is -0.337 e. The molecule has 1 aromatic heterocycles. The Labute approximate surface area is 147 Å². The number of hydrogen-bond acceptors (Lipinski definition) is 3. The van der Waals surface area contributed by atoms with Crippen molar-refractivity contribution in [1.29, 1.82) is 0 Å². The van der Waals surface area contributed by atoms with Crippen LogP contribution in [0.25, 0.3) is 10.9 Å². The number of likely N-dealkylation sites (tertiary alicyclic amines) is 1. The van der Waals surface area contributed by atoms with Crippen LogP contribution in [0.4, 0.5) is 0 Å². The summed E-state index contributed by atoms with van der Waals surface area (Å²) in [5.41, 5.74) is 1.28. The molecule has 1 saturated heterocycles. The van der Waals surface area contributed by atoms with Gasteiger partial charge in [0.05, 0.1) is 5.52 Å². The van der Waals surface area contributed by atoms with E-state index in [1.807, 2.05) is 35.2 Å². The topological polar surface area (TPSA) is 45.2 Å². The number of amides is 1. The Hall–Kier alpha value is -1.65. The molecule has 4 rings (SSSR count). The molecule has 0 bridgehead atoms. The van der Waals surface area contributed by atoms with Gasteiger partial charge in [-0.15, -0.1) is 0 Å². The van der Waals surface area contributed by atoms with Crippen LogP contribution in [0.2, 0.25) is 5.02 Å². The minimum absolute atomic E-state index is 0.0255. The Morgan fingerprint density at radius 1 is 1.17 bits per heavy atom. The van der Waals surface area contributed by atoms with Crippen LogP contribution in [-0.4, -0.2) is 41.5 Å². The van der Waals surface area contributed by atoms with Gasteiger partial charge < -0.3 is 10.2 Å². The summed E-state index contributed by atoms with van der Waals surface area (Å²) in [4.78, 5) is 19.2. The molecule has 0 atom stereocenters. The van der Waals surface area contributed by atoms with Crippen molar-refractivity contribution in [1.82, 2.24) is 15.2 Å². The van der Waals surface area contributed by atoms with Gasteiger partial charge in [0, 0.05) is 29.5 Å². The van der Waals surface area contributed by atoms with Crippen LogP contribution in [0.1, 0.15) is 36.2 Å². The first-order valence-corrected chi connectivity index (χ1v) is 9.16. The standard InChI is InChI=1S/C19H22ClN3O/c20-15-5-3-14-4-6-17(22-18(14)11-15)19(24)23-9-7-16(8-10-23)21-12-13-1-2-13/h3-6,11,13,16,21H,1-2,7-10,12H2. The van der Waals surface area contributed by atoms with Gasteiger partial charge in [-0.2, -0.15) is 0 Å². The van der Waals surface area contributed by atoms with Crippen LogP contribution in [0.15, 0.2) is 30.3 Å². The lowest BCUT2D eigenvalue weighted by atomic mass is 10.0. The maximum atomic E-state index is 12.7. The molecular weight excluding hydrogens is 322 g/mol. The van der Waals surface area contributed by atoms with Crippen molar-refractivity contribution >= 4 is 28.4 Å². The molecule has 1 saturated carbocycles. The molecule has 2 fully saturated rings. The van der Waals surface area contributed by atoms with Gasteiger partial charge in [0.15, 0.2) is 0 Å². The third-order valence-corrected chi connectivity index (χ3v) is 5.28. The average molecular weight is 344 g/mol. The first-order valence-electron chi connectivity index (χ1n) is 8.78. The average Bonchev–Trinajstić information content (AvgIpc) is 3.43. The van der Waals surface area contributed by atoms with Gasteiger partial charge in [-0.05, 0) is 56.3 Å². The van der Waals surface area contributed by atoms with Crippen molar-refractivity contribution in [3.05, 3.63) is 41.0 Å². The predicted molar refractivity (Wildman–Crippen MR) is 96.4 cm³/mol. The molecule has 4 nitrogen and oxygen atoms in total. The van der Waals surface area contributed by atoms with E-state index in [1.54, 1.807) is 0 Å². The van der Waals surface area contributed by atoms with Crippen molar-refractivity contribution in [3.8, 4) is 0 Å². The fraction of sp³-hybridized carbons (Fsp3) is 0.474. The number of rotatable bonds is 4. The highest BCUT2D eigenvalue weighted by Gasteiger charge is 2.26. The van der Waals surface area contributed by atoms with E-state index in [4.69, 9.17) is 11.6 Å². The summed E-state index contributed by atoms with van der Waals surface area (Å²) in [5, 5.41) is 5.28. The number of halogens is 1. The van der Waals surface area contributed by atoms with Crippen molar-refractivity contribution in [2.75, 3.05) is 19.6 Å². The second-order valence-electron chi connectivity index (χ2n) is 6.95. The third kappa shape index (κ3) is 3.55. The zero-order valence-electron chi connectivity index (χ0n) is 13.7. The van der Waals surface area contributed by atoms with Gasteiger partial charge in [-0.25, -0.2) is 4.98 Å². The number of piperidine rings is 1.